The number of halogens is 2. The smallest absolute Gasteiger partial charge is 0.324 e. The van der Waals surface area contributed by atoms with Gasteiger partial charge in [0.2, 0.25) is 5.95 Å². The van der Waals surface area contributed by atoms with Crippen molar-refractivity contribution in [1.82, 2.24) is 24.3 Å². The van der Waals surface area contributed by atoms with E-state index in [1.165, 1.54) is 28.9 Å². The third-order valence-electron chi connectivity index (χ3n) is 7.14. The minimum Gasteiger partial charge on any atom is -0.357 e. The van der Waals surface area contributed by atoms with Crippen molar-refractivity contribution >= 4 is 34.5 Å². The largest absolute Gasteiger partial charge is 0.357 e. The van der Waals surface area contributed by atoms with Crippen molar-refractivity contribution in [3.8, 4) is 16.8 Å². The number of hydrogen-bond donors (Lipinski definition) is 3. The zero-order valence-corrected chi connectivity index (χ0v) is 25.6. The molecule has 2 amide bonds. The fourth-order valence-electron chi connectivity index (χ4n) is 4.88. The number of hydrogen-bond acceptors (Lipinski definition) is 6. The normalized spacial score (nSPS) is 11.7. The van der Waals surface area contributed by atoms with Gasteiger partial charge in [-0.2, -0.15) is 10.1 Å². The lowest BCUT2D eigenvalue weighted by atomic mass is 9.92. The van der Waals surface area contributed by atoms with Gasteiger partial charge in [-0.1, -0.05) is 26.8 Å². The summed E-state index contributed by atoms with van der Waals surface area (Å²) in [5.74, 6) is -0.495. The highest BCUT2D eigenvalue weighted by molar-refractivity contribution is 6.00. The standard InChI is InChI=1S/C32H34F2N8O2/c1-17(2)41-28-19(16-36-30(35-7)39-28)12-23(29(41)43)22-14-25(24(34)11-18(22)3)37-31(44)38-27-15-26(32(4,5)6)40-42(27)21-10-8-9-20(33)13-21/h8-17H,1-7H3,(H,35,36,39)(H2,37,38,44). The van der Waals surface area contributed by atoms with E-state index in [2.05, 4.69) is 31.0 Å². The molecule has 3 heterocycles. The summed E-state index contributed by atoms with van der Waals surface area (Å²) in [5.41, 5.74) is 1.98. The summed E-state index contributed by atoms with van der Waals surface area (Å²) in [6.45, 7) is 11.3. The predicted octanol–water partition coefficient (Wildman–Crippen LogP) is 6.79. The average Bonchev–Trinajstić information content (AvgIpc) is 3.38. The summed E-state index contributed by atoms with van der Waals surface area (Å²) < 4.78 is 32.2. The maximum Gasteiger partial charge on any atom is 0.324 e. The van der Waals surface area contributed by atoms with Gasteiger partial charge in [0.1, 0.15) is 23.1 Å². The molecule has 3 aromatic heterocycles. The lowest BCUT2D eigenvalue weighted by Crippen LogP contribution is -2.25. The van der Waals surface area contributed by atoms with E-state index < -0.39 is 17.7 Å². The molecule has 2 aromatic carbocycles. The topological polar surface area (TPSA) is 119 Å². The van der Waals surface area contributed by atoms with Crippen LogP contribution in [-0.4, -0.2) is 37.4 Å². The molecule has 12 heteroatoms. The van der Waals surface area contributed by atoms with Crippen molar-refractivity contribution in [2.24, 2.45) is 0 Å². The Morgan fingerprint density at radius 3 is 2.41 bits per heavy atom. The number of anilines is 3. The highest BCUT2D eigenvalue weighted by Crippen LogP contribution is 2.31. The van der Waals surface area contributed by atoms with Crippen LogP contribution in [0.15, 0.2) is 59.5 Å². The molecule has 0 aliphatic rings. The van der Waals surface area contributed by atoms with E-state index in [1.54, 1.807) is 49.0 Å². The summed E-state index contributed by atoms with van der Waals surface area (Å²) >= 11 is 0. The Morgan fingerprint density at radius 1 is 1.00 bits per heavy atom. The van der Waals surface area contributed by atoms with E-state index in [0.717, 1.165) is 0 Å². The summed E-state index contributed by atoms with van der Waals surface area (Å²) in [7, 11) is 1.69. The van der Waals surface area contributed by atoms with E-state index >= 15 is 4.39 Å². The van der Waals surface area contributed by atoms with E-state index in [4.69, 9.17) is 0 Å². The van der Waals surface area contributed by atoms with Gasteiger partial charge in [-0.05, 0) is 68.3 Å². The molecule has 0 unspecified atom stereocenters. The maximum atomic E-state index is 15.2. The summed E-state index contributed by atoms with van der Waals surface area (Å²) in [6, 6.07) is 10.9. The first kappa shape index (κ1) is 30.3. The highest BCUT2D eigenvalue weighted by Gasteiger charge is 2.23. The van der Waals surface area contributed by atoms with Crippen molar-refractivity contribution in [2.75, 3.05) is 23.0 Å². The molecule has 10 nitrogen and oxygen atoms in total. The number of carbonyl (C=O) groups excluding carboxylic acids is 1. The van der Waals surface area contributed by atoms with Gasteiger partial charge < -0.3 is 10.6 Å². The van der Waals surface area contributed by atoms with E-state index in [-0.39, 0.29) is 28.5 Å². The average molecular weight is 601 g/mol. The van der Waals surface area contributed by atoms with Crippen LogP contribution in [-0.2, 0) is 5.41 Å². The molecule has 228 valence electrons. The van der Waals surface area contributed by atoms with Gasteiger partial charge in [0, 0.05) is 41.7 Å². The fraction of sp³-hybridized carbons (Fsp3) is 0.281. The number of carbonyl (C=O) groups is 1. The second-order valence-corrected chi connectivity index (χ2v) is 11.8. The highest BCUT2D eigenvalue weighted by atomic mass is 19.1. The van der Waals surface area contributed by atoms with Gasteiger partial charge >= 0.3 is 6.03 Å². The molecule has 3 N–H and O–H groups in total. The van der Waals surface area contributed by atoms with Crippen LogP contribution >= 0.6 is 0 Å². The predicted molar refractivity (Wildman–Crippen MR) is 169 cm³/mol. The summed E-state index contributed by atoms with van der Waals surface area (Å²) in [5, 5.41) is 13.4. The van der Waals surface area contributed by atoms with E-state index in [9.17, 15) is 14.0 Å². The maximum absolute atomic E-state index is 15.2. The zero-order chi connectivity index (χ0) is 31.9. The lowest BCUT2D eigenvalue weighted by Gasteiger charge is -2.17. The lowest BCUT2D eigenvalue weighted by molar-refractivity contribution is 0.262. The Balaban J connectivity index is 1.53. The molecule has 0 aliphatic heterocycles. The second-order valence-electron chi connectivity index (χ2n) is 11.8. The van der Waals surface area contributed by atoms with Crippen LogP contribution in [0.5, 0.6) is 0 Å². The fourth-order valence-corrected chi connectivity index (χ4v) is 4.88. The van der Waals surface area contributed by atoms with Crippen molar-refractivity contribution in [1.29, 1.82) is 0 Å². The van der Waals surface area contributed by atoms with Crippen LogP contribution in [0.25, 0.3) is 27.8 Å². The molecular weight excluding hydrogens is 566 g/mol. The number of rotatable bonds is 6. The Kier molecular flexibility index (Phi) is 7.94. The number of aromatic nitrogens is 5. The Hall–Kier alpha value is -5.13. The molecule has 0 radical (unpaired) electrons. The van der Waals surface area contributed by atoms with Crippen LogP contribution < -0.4 is 21.5 Å². The van der Waals surface area contributed by atoms with Crippen LogP contribution in [0.3, 0.4) is 0 Å². The minimum absolute atomic E-state index is 0.131. The Bertz CT molecular complexity index is 1960. The minimum atomic E-state index is -0.747. The number of nitrogens with one attached hydrogen (secondary N) is 3. The number of aryl methyl sites for hydroxylation is 1. The van der Waals surface area contributed by atoms with Gasteiger partial charge in [0.05, 0.1) is 17.1 Å². The summed E-state index contributed by atoms with van der Waals surface area (Å²) in [6.07, 6.45) is 1.62. The van der Waals surface area contributed by atoms with Crippen molar-refractivity contribution in [3.63, 3.8) is 0 Å². The molecule has 5 rings (SSSR count). The number of nitrogens with zero attached hydrogens (tertiary/aromatic N) is 5. The number of fused-ring (bicyclic) bond motifs is 1. The molecule has 0 aliphatic carbocycles. The van der Waals surface area contributed by atoms with Crippen LogP contribution in [0, 0.1) is 18.6 Å². The number of amides is 2. The first-order chi connectivity index (χ1) is 20.8. The van der Waals surface area contributed by atoms with Crippen molar-refractivity contribution < 1.29 is 13.6 Å². The third-order valence-corrected chi connectivity index (χ3v) is 7.14. The Labute approximate surface area is 253 Å². The van der Waals surface area contributed by atoms with E-state index in [1.807, 2.05) is 34.6 Å². The zero-order valence-electron chi connectivity index (χ0n) is 25.6. The molecule has 0 spiro atoms. The Morgan fingerprint density at radius 2 is 1.75 bits per heavy atom. The van der Waals surface area contributed by atoms with E-state index in [0.29, 0.717) is 45.1 Å². The number of benzene rings is 2. The molecule has 44 heavy (non-hydrogen) atoms. The molecule has 0 atom stereocenters. The first-order valence-corrected chi connectivity index (χ1v) is 14.1. The molecule has 0 saturated heterocycles. The second kappa shape index (κ2) is 11.5. The SMILES string of the molecule is CNc1ncc2cc(-c3cc(NC(=O)Nc4cc(C(C)(C)C)nn4-c4cccc(F)c4)c(F)cc3C)c(=O)n(C(C)C)c2n1. The molecule has 0 fully saturated rings. The van der Waals surface area contributed by atoms with Crippen molar-refractivity contribution in [3.05, 3.63) is 88.0 Å². The number of pyridine rings is 1. The molecule has 0 saturated carbocycles. The molecule has 5 aromatic rings. The third kappa shape index (κ3) is 5.87. The van der Waals surface area contributed by atoms with Crippen LogP contribution in [0.2, 0.25) is 0 Å². The van der Waals surface area contributed by atoms with Gasteiger partial charge in [-0.3, -0.25) is 14.7 Å². The van der Waals surface area contributed by atoms with Crippen LogP contribution in [0.4, 0.5) is 31.0 Å². The van der Waals surface area contributed by atoms with Gasteiger partial charge in [-0.25, -0.2) is 23.2 Å². The quantitative estimate of drug-likeness (QED) is 0.197. The van der Waals surface area contributed by atoms with Gasteiger partial charge in [0.15, 0.2) is 0 Å². The molecular formula is C32H34F2N8O2. The summed E-state index contributed by atoms with van der Waals surface area (Å²) in [4.78, 5) is 35.8. The monoisotopic (exact) mass is 600 g/mol. The first-order valence-electron chi connectivity index (χ1n) is 14.1. The van der Waals surface area contributed by atoms with Crippen molar-refractivity contribution in [2.45, 2.75) is 53.0 Å². The molecule has 0 bridgehead atoms. The van der Waals surface area contributed by atoms with Gasteiger partial charge in [0.25, 0.3) is 5.56 Å². The van der Waals surface area contributed by atoms with Crippen LogP contribution in [0.1, 0.15) is 51.9 Å². The number of urea groups is 1. The van der Waals surface area contributed by atoms with Gasteiger partial charge in [-0.15, -0.1) is 0 Å².